The third-order valence-electron chi connectivity index (χ3n) is 21.7. The third-order valence-corrected chi connectivity index (χ3v) is 21.7. The van der Waals surface area contributed by atoms with Crippen LogP contribution in [0.3, 0.4) is 0 Å². The second-order valence-corrected chi connectivity index (χ2v) is 36.5. The molecule has 0 spiro atoms. The number of aryl methyl sites for hydroxylation is 8. The van der Waals surface area contributed by atoms with Crippen molar-refractivity contribution in [1.29, 1.82) is 0 Å². The topological polar surface area (TPSA) is 179 Å². The maximum Gasteiger partial charge on any atom is 0.303 e. The lowest BCUT2D eigenvalue weighted by atomic mass is 9.88. The van der Waals surface area contributed by atoms with Gasteiger partial charge < -0.3 is 33.1 Å². The van der Waals surface area contributed by atoms with Crippen molar-refractivity contribution in [3.05, 3.63) is 299 Å². The number of allylic oxidation sites excluding steroid dienone is 1. The Morgan fingerprint density at radius 3 is 1.05 bits per heavy atom. The Morgan fingerprint density at radius 1 is 0.360 bits per heavy atom. The van der Waals surface area contributed by atoms with Crippen molar-refractivity contribution in [2.75, 3.05) is 0 Å². The van der Waals surface area contributed by atoms with E-state index in [2.05, 4.69) is 239 Å². The van der Waals surface area contributed by atoms with E-state index in [1.807, 2.05) is 38.1 Å². The van der Waals surface area contributed by atoms with Crippen LogP contribution in [0.1, 0.15) is 260 Å². The van der Waals surface area contributed by atoms with E-state index < -0.39 is 11.6 Å². The lowest BCUT2D eigenvalue weighted by molar-refractivity contribution is -0.138. The average Bonchev–Trinajstić information content (AvgIpc) is 1.40. The minimum Gasteiger partial charge on any atom is -0.481 e. The molecule has 0 radical (unpaired) electrons. The standard InChI is InChI=1S/C14H21N.C14H17N.2C13H19N.C13H18O.C13H16.C11H12O2.C10H10O.2CH4/c2*1-14(2,15)10-11-7-8-12-5-3-4-6-13(12)9-11;1-13(2,14)9-10-6-7-11-4-3-5-12(11)8-10;2*1-13(2,14)9-10-7-11-5-3-4-6-12(11)8-10;1-10(2)8-11-6-7-12-4-3-5-13(12)9-11;12-11(13)7-8-5-9-3-1-2-4-10(9)6-8;11-7-8-4-5-9-2-1-3-10(9)6-8;;/h7-9H,3-6,10,15H2,1-2H3;3-9H,10,15H2,1-2H3;6-8H,3-5,9,14H2,1-2H3;3-6,10H,7-9,14H2,1-2H3;3-6,10,14H,7-9H2,1-2H3;6-9H,3-5H2,1-2H3;1-4,8H,5-7H2,(H,12,13);4-7H,1-3H2;2*1H4. The van der Waals surface area contributed by atoms with Crippen LogP contribution in [0.25, 0.3) is 16.8 Å². The van der Waals surface area contributed by atoms with Crippen LogP contribution >= 0.6 is 0 Å². The van der Waals surface area contributed by atoms with Crippen molar-refractivity contribution in [2.24, 2.45) is 40.7 Å². The minimum atomic E-state index is -0.683. The van der Waals surface area contributed by atoms with Crippen molar-refractivity contribution in [2.45, 2.75) is 286 Å². The number of carboxylic acid groups (broad SMARTS) is 1. The summed E-state index contributed by atoms with van der Waals surface area (Å²) in [5.74, 6) is 1.02. The summed E-state index contributed by atoms with van der Waals surface area (Å²) in [5.41, 5.74) is 51.7. The molecule has 0 saturated carbocycles. The highest BCUT2D eigenvalue weighted by Gasteiger charge is 2.28. The van der Waals surface area contributed by atoms with Gasteiger partial charge in [-0.1, -0.05) is 208 Å². The summed E-state index contributed by atoms with van der Waals surface area (Å²) in [6.07, 6.45) is 31.5. The van der Waals surface area contributed by atoms with Crippen molar-refractivity contribution < 1.29 is 19.8 Å². The summed E-state index contributed by atoms with van der Waals surface area (Å²) in [6, 6.07) is 67.2. The fraction of sp³-hybridized carbons (Fsp3) is 0.456. The fourth-order valence-electron chi connectivity index (χ4n) is 17.3. The maximum atomic E-state index is 10.5. The number of aliphatic carboxylic acids is 1. The number of aliphatic hydroxyl groups is 1. The van der Waals surface area contributed by atoms with Crippen LogP contribution in [0.4, 0.5) is 0 Å². The maximum absolute atomic E-state index is 10.5. The number of hydrogen-bond donors (Lipinski definition) is 6. The summed E-state index contributed by atoms with van der Waals surface area (Å²) in [4.78, 5) is 20.9. The molecule has 8 nitrogen and oxygen atoms in total. The number of carboxylic acids is 1. The Balaban J connectivity index is 0.000000176. The molecule has 9 aromatic carbocycles. The number of nitrogens with two attached hydrogens (primary N) is 4. The number of fused-ring (bicyclic) bond motifs is 8. The molecule has 111 heavy (non-hydrogen) atoms. The minimum absolute atomic E-state index is 0. The van der Waals surface area contributed by atoms with Gasteiger partial charge in [-0.2, -0.15) is 0 Å². The molecular weight excluding hydrogens is 1360 g/mol. The molecule has 0 fully saturated rings. The number of hydrogen-bond acceptors (Lipinski definition) is 7. The molecule has 0 unspecified atom stereocenters. The first kappa shape index (κ1) is 90.1. The number of carbonyl (C=O) groups is 2. The smallest absolute Gasteiger partial charge is 0.303 e. The zero-order chi connectivity index (χ0) is 78.5. The van der Waals surface area contributed by atoms with Crippen LogP contribution in [0.2, 0.25) is 0 Å². The van der Waals surface area contributed by atoms with Gasteiger partial charge in [-0.25, -0.2) is 0 Å². The van der Waals surface area contributed by atoms with Gasteiger partial charge in [0, 0.05) is 34.1 Å². The van der Waals surface area contributed by atoms with Crippen molar-refractivity contribution in [1.82, 2.24) is 0 Å². The van der Waals surface area contributed by atoms with Gasteiger partial charge in [0.25, 0.3) is 0 Å². The normalized spacial score (nSPS) is 15.0. The van der Waals surface area contributed by atoms with Crippen LogP contribution < -0.4 is 22.9 Å². The number of aldehydes is 1. The molecule has 0 aliphatic heterocycles. The lowest BCUT2D eigenvalue weighted by Crippen LogP contribution is -2.34. The molecule has 0 aromatic heterocycles. The van der Waals surface area contributed by atoms with Gasteiger partial charge in [-0.3, -0.25) is 9.59 Å². The summed E-state index contributed by atoms with van der Waals surface area (Å²) in [5, 5.41) is 21.0. The summed E-state index contributed by atoms with van der Waals surface area (Å²) in [7, 11) is 0. The Labute approximate surface area is 671 Å². The Bertz CT molecular complexity index is 4320. The number of benzene rings is 9. The number of carbonyl (C=O) groups excluding carboxylic acids is 1. The van der Waals surface area contributed by atoms with Crippen LogP contribution in [0.5, 0.6) is 0 Å². The molecule has 0 saturated heterocycles. The summed E-state index contributed by atoms with van der Waals surface area (Å²) < 4.78 is 0. The number of rotatable bonds is 14. The fourth-order valence-corrected chi connectivity index (χ4v) is 17.3. The largest absolute Gasteiger partial charge is 0.481 e. The summed E-state index contributed by atoms with van der Waals surface area (Å²) in [6.45, 7) is 24.8. The Morgan fingerprint density at radius 2 is 0.676 bits per heavy atom. The molecule has 10 N–H and O–H groups in total. The quantitative estimate of drug-likeness (QED) is 0.0583. The third kappa shape index (κ3) is 31.1. The lowest BCUT2D eigenvalue weighted by Gasteiger charge is -2.22. The first-order chi connectivity index (χ1) is 51.6. The van der Waals surface area contributed by atoms with E-state index in [0.717, 1.165) is 82.0 Å². The molecule has 0 amide bonds. The molecule has 7 aliphatic carbocycles. The highest BCUT2D eigenvalue weighted by molar-refractivity contribution is 5.83. The molecule has 0 atom stereocenters. The highest BCUT2D eigenvalue weighted by Crippen LogP contribution is 2.35. The van der Waals surface area contributed by atoms with Crippen LogP contribution in [-0.2, 0) is 114 Å². The van der Waals surface area contributed by atoms with Crippen LogP contribution in [-0.4, -0.2) is 50.2 Å². The Kier molecular flexibility index (Phi) is 33.8. The van der Waals surface area contributed by atoms with E-state index in [4.69, 9.17) is 28.0 Å². The van der Waals surface area contributed by atoms with Crippen molar-refractivity contribution in [3.8, 4) is 0 Å². The van der Waals surface area contributed by atoms with E-state index in [1.54, 1.807) is 33.4 Å². The second-order valence-electron chi connectivity index (χ2n) is 36.5. The van der Waals surface area contributed by atoms with E-state index in [0.29, 0.717) is 18.3 Å². The van der Waals surface area contributed by atoms with Gasteiger partial charge in [0.05, 0.1) is 5.60 Å². The van der Waals surface area contributed by atoms with E-state index in [-0.39, 0.29) is 37.0 Å². The van der Waals surface area contributed by atoms with Gasteiger partial charge in [-0.05, 0) is 372 Å². The molecule has 9 aromatic rings. The second kappa shape index (κ2) is 41.6. The van der Waals surface area contributed by atoms with Gasteiger partial charge in [0.2, 0.25) is 0 Å². The van der Waals surface area contributed by atoms with Crippen LogP contribution in [0.15, 0.2) is 194 Å². The molecule has 7 aliphatic rings. The highest BCUT2D eigenvalue weighted by atomic mass is 16.4. The van der Waals surface area contributed by atoms with Gasteiger partial charge in [-0.15, -0.1) is 0 Å². The zero-order valence-corrected chi connectivity index (χ0v) is 68.5. The van der Waals surface area contributed by atoms with Crippen molar-refractivity contribution in [3.63, 3.8) is 0 Å². The molecule has 596 valence electrons. The van der Waals surface area contributed by atoms with E-state index >= 15 is 0 Å². The van der Waals surface area contributed by atoms with E-state index in [9.17, 15) is 14.7 Å². The molecule has 0 bridgehead atoms. The molecule has 16 rings (SSSR count). The molecular formula is C103H140N4O4. The summed E-state index contributed by atoms with van der Waals surface area (Å²) >= 11 is 0. The SMILES string of the molecule is C.C.CC(C)(N)CC1Cc2ccccc2C1.CC(C)(N)Cc1ccc2c(c1)CCC2.CC(C)(N)Cc1ccc2c(c1)CCCC2.CC(C)(N)Cc1ccc2ccccc2c1.CC(C)(O)CC1Cc2ccccc2C1.CC(C)=Cc1ccc2c(c1)CCC2.O=C(O)CC1Cc2ccccc2C1.O=Cc1ccc2c(c1)CCC2. The van der Waals surface area contributed by atoms with Gasteiger partial charge in [0.1, 0.15) is 6.29 Å². The van der Waals surface area contributed by atoms with Gasteiger partial charge in [0.15, 0.2) is 0 Å². The average molecular weight is 1500 g/mol. The molecule has 0 heterocycles. The predicted octanol–water partition coefficient (Wildman–Crippen LogP) is 22.2. The zero-order valence-electron chi connectivity index (χ0n) is 68.5. The van der Waals surface area contributed by atoms with Crippen LogP contribution in [0, 0.1) is 17.8 Å². The monoisotopic (exact) mass is 1500 g/mol. The molecule has 8 heteroatoms. The van der Waals surface area contributed by atoms with Gasteiger partial charge >= 0.3 is 5.97 Å². The van der Waals surface area contributed by atoms with Crippen molar-refractivity contribution >= 4 is 29.1 Å². The first-order valence-electron chi connectivity index (χ1n) is 41.0. The van der Waals surface area contributed by atoms with E-state index in [1.165, 1.54) is 173 Å². The Hall–Kier alpha value is -8.08. The predicted molar refractivity (Wildman–Crippen MR) is 475 cm³/mol. The first-order valence-corrected chi connectivity index (χ1v) is 41.0.